The van der Waals surface area contributed by atoms with Crippen LogP contribution in [0.5, 0.6) is 5.75 Å². The van der Waals surface area contributed by atoms with E-state index in [-0.39, 0.29) is 23.9 Å². The van der Waals surface area contributed by atoms with Crippen molar-refractivity contribution in [3.05, 3.63) is 46.4 Å². The van der Waals surface area contributed by atoms with Crippen LogP contribution in [0.15, 0.2) is 36.4 Å². The van der Waals surface area contributed by atoms with Crippen molar-refractivity contribution in [2.75, 3.05) is 7.11 Å². The molecule has 1 amide bonds. The summed E-state index contributed by atoms with van der Waals surface area (Å²) in [5.41, 5.74) is 2.56. The summed E-state index contributed by atoms with van der Waals surface area (Å²) in [5, 5.41) is 4.35. The van der Waals surface area contributed by atoms with E-state index >= 15 is 0 Å². The number of aromatic nitrogens is 2. The molecule has 1 N–H and O–H groups in total. The molecule has 0 saturated heterocycles. The molecule has 2 fully saturated rings. The molecule has 5 nitrogen and oxygen atoms in total. The van der Waals surface area contributed by atoms with E-state index in [1.54, 1.807) is 13.2 Å². The van der Waals surface area contributed by atoms with E-state index in [1.165, 1.54) is 19.3 Å². The number of carbonyl (C=O) groups excluding carboxylic acids is 1. The molecule has 2 saturated carbocycles. The van der Waals surface area contributed by atoms with E-state index in [4.69, 9.17) is 32.9 Å². The van der Waals surface area contributed by atoms with E-state index < -0.39 is 0 Å². The van der Waals surface area contributed by atoms with Crippen molar-refractivity contribution in [1.82, 2.24) is 14.9 Å². The highest BCUT2D eigenvalue weighted by Crippen LogP contribution is 2.42. The van der Waals surface area contributed by atoms with Crippen molar-refractivity contribution >= 4 is 40.1 Å². The third kappa shape index (κ3) is 4.45. The van der Waals surface area contributed by atoms with Crippen LogP contribution < -0.4 is 10.1 Å². The van der Waals surface area contributed by atoms with Gasteiger partial charge in [-0.25, -0.2) is 4.98 Å². The topological polar surface area (TPSA) is 56.2 Å². The number of nitrogens with one attached hydrogen (secondary N) is 1. The predicted molar refractivity (Wildman–Crippen MR) is 133 cm³/mol. The Labute approximate surface area is 204 Å². The number of fused-ring (bicyclic) bond motifs is 1. The Hall–Kier alpha value is -2.24. The average molecular weight is 486 g/mol. The molecule has 7 heteroatoms. The predicted octanol–water partition coefficient (Wildman–Crippen LogP) is 6.81. The molecule has 0 radical (unpaired) electrons. The first-order chi connectivity index (χ1) is 16.0. The number of halogens is 2. The minimum absolute atomic E-state index is 0.0926. The highest BCUT2D eigenvalue weighted by Gasteiger charge is 2.37. The monoisotopic (exact) mass is 485 g/mol. The van der Waals surface area contributed by atoms with E-state index in [2.05, 4.69) is 9.88 Å². The van der Waals surface area contributed by atoms with Crippen LogP contribution in [-0.4, -0.2) is 28.6 Å². The van der Waals surface area contributed by atoms with E-state index in [0.717, 1.165) is 60.3 Å². The highest BCUT2D eigenvalue weighted by atomic mass is 35.5. The quantitative estimate of drug-likeness (QED) is 0.417. The number of rotatable bonds is 6. The second kappa shape index (κ2) is 9.55. The molecule has 5 rings (SSSR count). The maximum absolute atomic E-state index is 13.8. The smallest absolute Gasteiger partial charge is 0.243 e. The van der Waals surface area contributed by atoms with Gasteiger partial charge in [-0.05, 0) is 61.9 Å². The van der Waals surface area contributed by atoms with Crippen LogP contribution in [0.2, 0.25) is 10.0 Å². The van der Waals surface area contributed by atoms with Gasteiger partial charge in [0.1, 0.15) is 17.6 Å². The number of imidazole rings is 1. The van der Waals surface area contributed by atoms with Crippen LogP contribution in [0.25, 0.3) is 22.4 Å². The number of hydrogen-bond donors (Lipinski definition) is 1. The number of ether oxygens (including phenoxy) is 1. The molecule has 1 atom stereocenters. The minimum atomic E-state index is -0.331. The zero-order valence-electron chi connectivity index (χ0n) is 18.8. The third-order valence-corrected chi connectivity index (χ3v) is 7.91. The van der Waals surface area contributed by atoms with Gasteiger partial charge in [-0.3, -0.25) is 4.79 Å². The zero-order valence-corrected chi connectivity index (χ0v) is 20.3. The Morgan fingerprint density at radius 2 is 1.82 bits per heavy atom. The van der Waals surface area contributed by atoms with Gasteiger partial charge >= 0.3 is 0 Å². The van der Waals surface area contributed by atoms with Crippen LogP contribution in [-0.2, 0) is 4.79 Å². The number of carbonyl (C=O) groups is 1. The standard InChI is InChI=1S/C26H29Cl2N3O2/c1-33-19-11-13-22-23(15-19)31(25(30-22)17-10-12-20(27)21(28)14-17)24(16-6-5-7-16)26(32)29-18-8-3-2-4-9-18/h10-16,18,24H,2-9H2,1H3,(H,29,32). The second-order valence-corrected chi connectivity index (χ2v) is 10.1. The molecule has 2 aromatic carbocycles. The Morgan fingerprint density at radius 1 is 1.03 bits per heavy atom. The summed E-state index contributed by atoms with van der Waals surface area (Å²) in [6, 6.07) is 11.3. The van der Waals surface area contributed by atoms with Gasteiger partial charge in [-0.1, -0.05) is 48.9 Å². The summed E-state index contributed by atoms with van der Waals surface area (Å²) < 4.78 is 7.62. The fraction of sp³-hybridized carbons (Fsp3) is 0.462. The van der Waals surface area contributed by atoms with E-state index in [0.29, 0.717) is 10.0 Å². The summed E-state index contributed by atoms with van der Waals surface area (Å²) >= 11 is 12.6. The van der Waals surface area contributed by atoms with Gasteiger partial charge in [-0.15, -0.1) is 0 Å². The van der Waals surface area contributed by atoms with E-state index in [9.17, 15) is 4.79 Å². The molecule has 1 aromatic heterocycles. The molecule has 2 aliphatic rings. The molecule has 1 unspecified atom stereocenters. The minimum Gasteiger partial charge on any atom is -0.497 e. The fourth-order valence-electron chi connectivity index (χ4n) is 5.15. The molecular weight excluding hydrogens is 457 g/mol. The second-order valence-electron chi connectivity index (χ2n) is 9.27. The number of methoxy groups -OCH3 is 1. The summed E-state index contributed by atoms with van der Waals surface area (Å²) in [4.78, 5) is 18.8. The SMILES string of the molecule is COc1ccc2nc(-c3ccc(Cl)c(Cl)c3)n(C(C(=O)NC3CCCCC3)C3CCC3)c2c1. The Balaban J connectivity index is 1.64. The molecule has 0 spiro atoms. The normalized spacial score (nSPS) is 18.2. The van der Waals surface area contributed by atoms with Gasteiger partial charge in [0.15, 0.2) is 0 Å². The summed E-state index contributed by atoms with van der Waals surface area (Å²) in [7, 11) is 1.65. The van der Waals surface area contributed by atoms with Gasteiger partial charge in [0.25, 0.3) is 0 Å². The molecule has 1 heterocycles. The van der Waals surface area contributed by atoms with Gasteiger partial charge in [0.05, 0.1) is 28.2 Å². The lowest BCUT2D eigenvalue weighted by Crippen LogP contribution is -2.44. The number of nitrogens with zero attached hydrogens (tertiary/aromatic N) is 2. The first-order valence-electron chi connectivity index (χ1n) is 11.9. The molecule has 174 valence electrons. The number of benzene rings is 2. The van der Waals surface area contributed by atoms with Crippen molar-refractivity contribution in [3.63, 3.8) is 0 Å². The number of hydrogen-bond acceptors (Lipinski definition) is 3. The Bertz CT molecular complexity index is 1170. The molecule has 33 heavy (non-hydrogen) atoms. The van der Waals surface area contributed by atoms with Gasteiger partial charge in [0, 0.05) is 17.7 Å². The van der Waals surface area contributed by atoms with Crippen LogP contribution >= 0.6 is 23.2 Å². The van der Waals surface area contributed by atoms with Gasteiger partial charge < -0.3 is 14.6 Å². The lowest BCUT2D eigenvalue weighted by atomic mass is 9.78. The molecule has 3 aromatic rings. The summed E-state index contributed by atoms with van der Waals surface area (Å²) in [5.74, 6) is 1.84. The van der Waals surface area contributed by atoms with Crippen molar-refractivity contribution in [2.45, 2.75) is 63.5 Å². The number of amides is 1. The van der Waals surface area contributed by atoms with Crippen LogP contribution in [0, 0.1) is 5.92 Å². The zero-order chi connectivity index (χ0) is 22.9. The van der Waals surface area contributed by atoms with Crippen molar-refractivity contribution < 1.29 is 9.53 Å². The molecule has 0 aliphatic heterocycles. The van der Waals surface area contributed by atoms with Crippen LogP contribution in [0.3, 0.4) is 0 Å². The third-order valence-electron chi connectivity index (χ3n) is 7.17. The fourth-order valence-corrected chi connectivity index (χ4v) is 5.45. The first-order valence-corrected chi connectivity index (χ1v) is 12.6. The van der Waals surface area contributed by atoms with Gasteiger partial charge in [-0.2, -0.15) is 0 Å². The van der Waals surface area contributed by atoms with Crippen molar-refractivity contribution in [3.8, 4) is 17.1 Å². The van der Waals surface area contributed by atoms with Crippen LogP contribution in [0.1, 0.15) is 57.4 Å². The molecule has 2 aliphatic carbocycles. The maximum atomic E-state index is 13.8. The molecule has 0 bridgehead atoms. The lowest BCUT2D eigenvalue weighted by Gasteiger charge is -2.36. The maximum Gasteiger partial charge on any atom is 0.243 e. The lowest BCUT2D eigenvalue weighted by molar-refractivity contribution is -0.127. The van der Waals surface area contributed by atoms with Crippen molar-refractivity contribution in [1.29, 1.82) is 0 Å². The Kier molecular flexibility index (Phi) is 6.53. The van der Waals surface area contributed by atoms with Gasteiger partial charge in [0.2, 0.25) is 5.91 Å². The average Bonchev–Trinajstić information content (AvgIpc) is 3.16. The highest BCUT2D eigenvalue weighted by molar-refractivity contribution is 6.42. The Morgan fingerprint density at radius 3 is 2.48 bits per heavy atom. The first kappa shape index (κ1) is 22.5. The van der Waals surface area contributed by atoms with E-state index in [1.807, 2.05) is 30.3 Å². The van der Waals surface area contributed by atoms with Crippen molar-refractivity contribution in [2.24, 2.45) is 5.92 Å². The molecular formula is C26H29Cl2N3O2. The largest absolute Gasteiger partial charge is 0.497 e. The summed E-state index contributed by atoms with van der Waals surface area (Å²) in [6.45, 7) is 0. The van der Waals surface area contributed by atoms with Crippen LogP contribution in [0.4, 0.5) is 0 Å². The summed E-state index contributed by atoms with van der Waals surface area (Å²) in [6.07, 6.45) is 8.95.